The van der Waals surface area contributed by atoms with Gasteiger partial charge in [-0.3, -0.25) is 0 Å². The van der Waals surface area contributed by atoms with Gasteiger partial charge in [0.05, 0.1) is 20.6 Å². The van der Waals surface area contributed by atoms with Gasteiger partial charge in [-0.1, -0.05) is 19.6 Å². The largest absolute Gasteiger partial charge is 0.478 e. The molecular weight excluding hydrogens is 258 g/mol. The van der Waals surface area contributed by atoms with Crippen molar-refractivity contribution in [1.82, 2.24) is 0 Å². The Morgan fingerprint density at radius 2 is 2.16 bits per heavy atom. The van der Waals surface area contributed by atoms with E-state index in [4.69, 9.17) is 14.2 Å². The minimum atomic E-state index is -1.36. The van der Waals surface area contributed by atoms with E-state index in [1.54, 1.807) is 7.11 Å². The van der Waals surface area contributed by atoms with E-state index in [-0.39, 0.29) is 6.04 Å². The standard InChI is InChI=1S/C14H22NO3Si/c1-16-10-17-8-11-9-18-14(15-11)12-6-5-7-13(12)19(2,3)4/h5-7,11H,8-10H2,1-4H3/t11-/m0/s1. The molecule has 1 fully saturated rings. The summed E-state index contributed by atoms with van der Waals surface area (Å²) in [4.78, 5) is 4.61. The minimum absolute atomic E-state index is 0.0783. The Morgan fingerprint density at radius 1 is 1.37 bits per heavy atom. The number of rotatable bonds is 6. The highest BCUT2D eigenvalue weighted by atomic mass is 28.3. The van der Waals surface area contributed by atoms with Crippen molar-refractivity contribution in [2.45, 2.75) is 25.7 Å². The lowest BCUT2D eigenvalue weighted by Gasteiger charge is -2.28. The van der Waals surface area contributed by atoms with Gasteiger partial charge in [0.1, 0.15) is 19.4 Å². The molecule has 0 spiro atoms. The average molecular weight is 280 g/mol. The first-order chi connectivity index (χ1) is 9.02. The quantitative estimate of drug-likeness (QED) is 0.425. The van der Waals surface area contributed by atoms with Gasteiger partial charge in [-0.2, -0.15) is 0 Å². The molecule has 2 rings (SSSR count). The molecule has 1 aliphatic carbocycles. The van der Waals surface area contributed by atoms with Crippen LogP contribution in [0.5, 0.6) is 0 Å². The summed E-state index contributed by atoms with van der Waals surface area (Å²) in [6.07, 6.45) is 6.39. The van der Waals surface area contributed by atoms with Gasteiger partial charge in [-0.25, -0.2) is 4.99 Å². The zero-order valence-electron chi connectivity index (χ0n) is 12.1. The van der Waals surface area contributed by atoms with Crippen molar-refractivity contribution in [3.8, 4) is 0 Å². The zero-order chi connectivity index (χ0) is 13.9. The number of aliphatic imine (C=N–C) groups is 1. The lowest BCUT2D eigenvalue weighted by Crippen LogP contribution is -2.35. The molecule has 5 heteroatoms. The molecular formula is C14H22NO3Si. The van der Waals surface area contributed by atoms with Gasteiger partial charge >= 0.3 is 0 Å². The molecule has 4 nitrogen and oxygen atoms in total. The molecule has 0 aromatic rings. The van der Waals surface area contributed by atoms with E-state index in [0.29, 0.717) is 20.0 Å². The van der Waals surface area contributed by atoms with Crippen molar-refractivity contribution in [1.29, 1.82) is 0 Å². The minimum Gasteiger partial charge on any atom is -0.478 e. The molecule has 0 aromatic carbocycles. The van der Waals surface area contributed by atoms with Gasteiger partial charge in [0, 0.05) is 7.11 Å². The predicted octanol–water partition coefficient (Wildman–Crippen LogP) is 2.06. The molecule has 1 saturated carbocycles. The molecule has 0 unspecified atom stereocenters. The summed E-state index contributed by atoms with van der Waals surface area (Å²) in [7, 11) is 0.257. The molecule has 0 saturated heterocycles. The highest BCUT2D eigenvalue weighted by Gasteiger charge is 2.43. The van der Waals surface area contributed by atoms with Crippen LogP contribution in [0, 0.1) is 30.7 Å². The van der Waals surface area contributed by atoms with Crippen LogP contribution >= 0.6 is 0 Å². The molecule has 1 heterocycles. The Bertz CT molecular complexity index is 327. The summed E-state index contributed by atoms with van der Waals surface area (Å²) in [6.45, 7) is 8.44. The van der Waals surface area contributed by atoms with Crippen molar-refractivity contribution in [3.05, 3.63) is 30.7 Å². The summed E-state index contributed by atoms with van der Waals surface area (Å²) in [5.74, 6) is 1.93. The Morgan fingerprint density at radius 3 is 2.84 bits per heavy atom. The summed E-state index contributed by atoms with van der Waals surface area (Å²) >= 11 is 0. The summed E-state index contributed by atoms with van der Waals surface area (Å²) in [5, 5.41) is 0. The van der Waals surface area contributed by atoms with Crippen molar-refractivity contribution >= 4 is 14.0 Å². The van der Waals surface area contributed by atoms with Crippen LogP contribution in [-0.4, -0.2) is 47.1 Å². The second-order valence-electron chi connectivity index (χ2n) is 5.78. The van der Waals surface area contributed by atoms with Crippen molar-refractivity contribution < 1.29 is 14.2 Å². The molecule has 19 heavy (non-hydrogen) atoms. The number of hydrogen-bond acceptors (Lipinski definition) is 4. The fraction of sp³-hybridized carbons (Fsp3) is 0.571. The van der Waals surface area contributed by atoms with Crippen molar-refractivity contribution in [2.24, 2.45) is 4.99 Å². The van der Waals surface area contributed by atoms with Crippen LogP contribution in [0.1, 0.15) is 0 Å². The Balaban J connectivity index is 1.93. The Hall–Kier alpha value is -0.393. The van der Waals surface area contributed by atoms with Crippen molar-refractivity contribution in [3.63, 3.8) is 0 Å². The third-order valence-electron chi connectivity index (χ3n) is 3.08. The summed E-state index contributed by atoms with van der Waals surface area (Å²) in [5.41, 5.74) is 1.41. The van der Waals surface area contributed by atoms with E-state index in [2.05, 4.69) is 43.9 Å². The second kappa shape index (κ2) is 6.37. The molecule has 0 aromatic heterocycles. The highest BCUT2D eigenvalue weighted by molar-refractivity contribution is 6.83. The van der Waals surface area contributed by atoms with Crippen LogP contribution in [0.25, 0.3) is 0 Å². The van der Waals surface area contributed by atoms with Crippen LogP contribution < -0.4 is 0 Å². The van der Waals surface area contributed by atoms with E-state index in [9.17, 15) is 0 Å². The van der Waals surface area contributed by atoms with Crippen LogP contribution in [0.4, 0.5) is 0 Å². The maximum atomic E-state index is 5.73. The topological polar surface area (TPSA) is 40.0 Å². The molecule has 5 radical (unpaired) electrons. The van der Waals surface area contributed by atoms with Gasteiger partial charge in [-0.15, -0.1) is 0 Å². The van der Waals surface area contributed by atoms with E-state index < -0.39 is 8.07 Å². The molecule has 0 bridgehead atoms. The summed E-state index contributed by atoms with van der Waals surface area (Å²) < 4.78 is 15.9. The lowest BCUT2D eigenvalue weighted by atomic mass is 10.1. The van der Waals surface area contributed by atoms with E-state index in [1.165, 1.54) is 5.54 Å². The maximum absolute atomic E-state index is 5.73. The van der Waals surface area contributed by atoms with Gasteiger partial charge < -0.3 is 14.2 Å². The summed E-state index contributed by atoms with van der Waals surface area (Å²) in [6, 6.07) is 0.0783. The number of hydrogen-bond donors (Lipinski definition) is 0. The van der Waals surface area contributed by atoms with Gasteiger partial charge in [0.2, 0.25) is 0 Å². The first kappa shape index (κ1) is 15.0. The van der Waals surface area contributed by atoms with Gasteiger partial charge in [0.25, 0.3) is 0 Å². The zero-order valence-corrected chi connectivity index (χ0v) is 13.1. The monoisotopic (exact) mass is 280 g/mol. The first-order valence-electron chi connectivity index (χ1n) is 6.56. The molecule has 105 valence electrons. The Labute approximate surface area is 117 Å². The van der Waals surface area contributed by atoms with E-state index in [0.717, 1.165) is 11.8 Å². The van der Waals surface area contributed by atoms with E-state index >= 15 is 0 Å². The molecule has 1 atom stereocenters. The van der Waals surface area contributed by atoms with Crippen LogP contribution in [0.2, 0.25) is 19.6 Å². The van der Waals surface area contributed by atoms with E-state index in [1.807, 2.05) is 0 Å². The lowest BCUT2D eigenvalue weighted by molar-refractivity contribution is -0.0360. The third kappa shape index (κ3) is 3.80. The second-order valence-corrected chi connectivity index (χ2v) is 10.8. The maximum Gasteiger partial charge on any atom is 0.191 e. The van der Waals surface area contributed by atoms with Crippen LogP contribution in [0.15, 0.2) is 4.99 Å². The van der Waals surface area contributed by atoms with Gasteiger partial charge in [-0.05, 0) is 24.8 Å². The highest BCUT2D eigenvalue weighted by Crippen LogP contribution is 2.41. The first-order valence-corrected chi connectivity index (χ1v) is 10.1. The van der Waals surface area contributed by atoms with Crippen LogP contribution in [0.3, 0.4) is 0 Å². The molecule has 1 aliphatic heterocycles. The fourth-order valence-corrected chi connectivity index (χ4v) is 3.77. The number of ether oxygens (including phenoxy) is 3. The third-order valence-corrected chi connectivity index (χ3v) is 5.13. The number of nitrogens with zero attached hydrogens (tertiary/aromatic N) is 1. The average Bonchev–Trinajstić information content (AvgIpc) is 2.96. The SMILES string of the molecule is COCOC[C@H]1COC([C]2[CH][CH][CH][C]2[Si](C)(C)C)=N1. The van der Waals surface area contributed by atoms with Crippen LogP contribution in [-0.2, 0) is 14.2 Å². The van der Waals surface area contributed by atoms with Gasteiger partial charge in [0.15, 0.2) is 5.90 Å². The molecule has 0 N–H and O–H groups in total. The van der Waals surface area contributed by atoms with Crippen molar-refractivity contribution in [2.75, 3.05) is 27.1 Å². The smallest absolute Gasteiger partial charge is 0.191 e. The predicted molar refractivity (Wildman–Crippen MR) is 77.7 cm³/mol. The molecule has 2 aliphatic rings. The normalized spacial score (nSPS) is 25.7. The molecule has 0 amide bonds. The fourth-order valence-electron chi connectivity index (χ4n) is 2.18. The Kier molecular flexibility index (Phi) is 5.03. The number of methoxy groups -OCH3 is 1.